The Morgan fingerprint density at radius 2 is 1.91 bits per heavy atom. The highest BCUT2D eigenvalue weighted by Gasteiger charge is 2.26. The van der Waals surface area contributed by atoms with Gasteiger partial charge in [0, 0.05) is 27.8 Å². The molecule has 0 spiro atoms. The van der Waals surface area contributed by atoms with Crippen LogP contribution in [-0.4, -0.2) is 29.9 Å². The molecule has 1 aliphatic rings. The van der Waals surface area contributed by atoms with E-state index in [4.69, 9.17) is 14.6 Å². The zero-order valence-corrected chi connectivity index (χ0v) is 18.9. The molecular weight excluding hydrogens is 426 g/mol. The number of carboxylic acid groups (broad SMARTS) is 1. The van der Waals surface area contributed by atoms with Gasteiger partial charge in [-0.2, -0.15) is 0 Å². The molecule has 7 heteroatoms. The maximum atomic E-state index is 11.2. The highest BCUT2D eigenvalue weighted by atomic mass is 32.1. The van der Waals surface area contributed by atoms with Crippen LogP contribution in [0.15, 0.2) is 48.5 Å². The van der Waals surface area contributed by atoms with Gasteiger partial charge in [-0.1, -0.05) is 24.3 Å². The molecule has 0 fully saturated rings. The fourth-order valence-corrected chi connectivity index (χ4v) is 5.38. The number of carbonyl (C=O) groups is 1. The average molecular weight is 454 g/mol. The Morgan fingerprint density at radius 3 is 2.56 bits per heavy atom. The summed E-state index contributed by atoms with van der Waals surface area (Å²) in [5.41, 5.74) is 4.43. The molecule has 1 unspecified atom stereocenters. The van der Waals surface area contributed by atoms with Gasteiger partial charge in [0.1, 0.15) is 12.0 Å². The van der Waals surface area contributed by atoms with Crippen LogP contribution in [0.4, 0.5) is 0 Å². The van der Waals surface area contributed by atoms with Crippen molar-refractivity contribution in [3.8, 4) is 5.75 Å². The average Bonchev–Trinajstić information content (AvgIpc) is 3.17. The lowest BCUT2D eigenvalue weighted by molar-refractivity contribution is 0.0696. The summed E-state index contributed by atoms with van der Waals surface area (Å²) >= 11 is 1.70. The maximum absolute atomic E-state index is 11.2. The number of hydrogen-bond acceptors (Lipinski definition) is 6. The normalized spacial score (nSPS) is 15.1. The van der Waals surface area contributed by atoms with Crippen LogP contribution in [0.3, 0.4) is 0 Å². The Labute approximate surface area is 191 Å². The van der Waals surface area contributed by atoms with Crippen LogP contribution in [0.5, 0.6) is 5.75 Å². The number of benzene rings is 2. The molecule has 3 aromatic rings. The van der Waals surface area contributed by atoms with Gasteiger partial charge in [-0.15, -0.1) is 11.3 Å². The molecule has 1 aliphatic heterocycles. The van der Waals surface area contributed by atoms with Gasteiger partial charge in [-0.25, -0.2) is 4.79 Å². The van der Waals surface area contributed by atoms with E-state index in [9.17, 15) is 9.90 Å². The molecule has 2 aromatic carbocycles. The smallest absolute Gasteiger partial charge is 0.335 e. The summed E-state index contributed by atoms with van der Waals surface area (Å²) in [4.78, 5) is 13.4. The number of carboxylic acids is 1. The number of aliphatic hydroxyl groups excluding tert-OH is 1. The Balaban J connectivity index is 1.57. The molecule has 32 heavy (non-hydrogen) atoms. The van der Waals surface area contributed by atoms with E-state index in [-0.39, 0.29) is 11.6 Å². The number of ether oxygens (including phenoxy) is 2. The Morgan fingerprint density at radius 1 is 1.19 bits per heavy atom. The van der Waals surface area contributed by atoms with Gasteiger partial charge >= 0.3 is 5.97 Å². The van der Waals surface area contributed by atoms with Gasteiger partial charge in [-0.3, -0.25) is 5.32 Å². The predicted octanol–water partition coefficient (Wildman–Crippen LogP) is 4.46. The molecule has 0 saturated carbocycles. The minimum Gasteiger partial charge on any atom is -0.497 e. The third-order valence-electron chi connectivity index (χ3n) is 5.80. The number of methoxy groups -OCH3 is 1. The molecule has 3 N–H and O–H groups in total. The fraction of sp³-hybridized carbons (Fsp3) is 0.320. The molecule has 0 bridgehead atoms. The molecule has 2 heterocycles. The molecule has 0 aliphatic carbocycles. The van der Waals surface area contributed by atoms with Crippen molar-refractivity contribution in [3.63, 3.8) is 0 Å². The van der Waals surface area contributed by atoms with Crippen LogP contribution in [0.2, 0.25) is 0 Å². The largest absolute Gasteiger partial charge is 0.497 e. The van der Waals surface area contributed by atoms with Gasteiger partial charge in [-0.05, 0) is 54.3 Å². The molecule has 0 saturated heterocycles. The van der Waals surface area contributed by atoms with E-state index in [1.807, 2.05) is 31.2 Å². The van der Waals surface area contributed by atoms with Crippen molar-refractivity contribution in [1.29, 1.82) is 0 Å². The fourth-order valence-electron chi connectivity index (χ4n) is 4.02. The van der Waals surface area contributed by atoms with E-state index < -0.39 is 12.2 Å². The summed E-state index contributed by atoms with van der Waals surface area (Å²) < 4.78 is 10.9. The second-order valence-electron chi connectivity index (χ2n) is 7.89. The van der Waals surface area contributed by atoms with Gasteiger partial charge in [0.2, 0.25) is 0 Å². The van der Waals surface area contributed by atoms with E-state index >= 15 is 0 Å². The molecule has 168 valence electrons. The molecular formula is C25H27NO5S. The lowest BCUT2D eigenvalue weighted by Crippen LogP contribution is -2.26. The summed E-state index contributed by atoms with van der Waals surface area (Å²) in [6, 6.07) is 14.6. The molecule has 1 aromatic heterocycles. The van der Waals surface area contributed by atoms with Crippen molar-refractivity contribution in [2.75, 3.05) is 13.7 Å². The number of fused-ring (bicyclic) bond motifs is 1. The highest BCUT2D eigenvalue weighted by molar-refractivity contribution is 7.12. The van der Waals surface area contributed by atoms with Gasteiger partial charge in [0.05, 0.1) is 25.9 Å². The summed E-state index contributed by atoms with van der Waals surface area (Å²) in [7, 11) is 1.65. The molecule has 0 amide bonds. The number of nitrogens with one attached hydrogen (secondary N) is 1. The standard InChI is InChI=1S/C25H27NO5S/c1-15(17-5-7-18(8-6-17)25(28)29)26-24(27)23-20-11-12-31-14-22(20)32-21(23)13-16-3-9-19(30-2)10-4-16/h3-10,15,24,26-27H,11-14H2,1-2H3,(H,28,29)/t15-,24?/m0/s1. The zero-order valence-electron chi connectivity index (χ0n) is 18.1. The summed E-state index contributed by atoms with van der Waals surface area (Å²) in [5, 5.41) is 23.6. The van der Waals surface area contributed by atoms with E-state index in [1.165, 1.54) is 10.4 Å². The van der Waals surface area contributed by atoms with Crippen molar-refractivity contribution in [2.45, 2.75) is 38.6 Å². The molecule has 0 radical (unpaired) electrons. The minimum atomic E-state index is -0.951. The van der Waals surface area contributed by atoms with Crippen molar-refractivity contribution in [1.82, 2.24) is 5.32 Å². The SMILES string of the molecule is COc1ccc(Cc2sc3c(c2C(O)N[C@@H](C)c2ccc(C(=O)O)cc2)CCOC3)cc1. The Bertz CT molecular complexity index is 1070. The third kappa shape index (κ3) is 4.86. The highest BCUT2D eigenvalue weighted by Crippen LogP contribution is 2.37. The van der Waals surface area contributed by atoms with Crippen LogP contribution in [0.25, 0.3) is 0 Å². The van der Waals surface area contributed by atoms with Gasteiger partial charge < -0.3 is 19.7 Å². The first-order valence-corrected chi connectivity index (χ1v) is 11.4. The van der Waals surface area contributed by atoms with Gasteiger partial charge in [0.25, 0.3) is 0 Å². The maximum Gasteiger partial charge on any atom is 0.335 e. The van der Waals surface area contributed by atoms with Crippen LogP contribution >= 0.6 is 11.3 Å². The molecule has 4 rings (SSSR count). The minimum absolute atomic E-state index is 0.155. The quantitative estimate of drug-likeness (QED) is 0.437. The number of aliphatic hydroxyl groups is 1. The summed E-state index contributed by atoms with van der Waals surface area (Å²) in [6.45, 7) is 3.19. The second-order valence-corrected chi connectivity index (χ2v) is 9.08. The second kappa shape index (κ2) is 9.83. The summed E-state index contributed by atoms with van der Waals surface area (Å²) in [6.07, 6.45) is 0.664. The third-order valence-corrected chi connectivity index (χ3v) is 7.02. The van der Waals surface area contributed by atoms with Gasteiger partial charge in [0.15, 0.2) is 0 Å². The monoisotopic (exact) mass is 453 g/mol. The van der Waals surface area contributed by atoms with Crippen LogP contribution in [0.1, 0.15) is 61.6 Å². The molecule has 6 nitrogen and oxygen atoms in total. The van der Waals surface area contributed by atoms with Crippen molar-refractivity contribution in [2.24, 2.45) is 0 Å². The number of thiophene rings is 1. The van der Waals surface area contributed by atoms with Crippen LogP contribution in [-0.2, 0) is 24.2 Å². The lowest BCUT2D eigenvalue weighted by Gasteiger charge is -2.23. The Kier molecular flexibility index (Phi) is 6.91. The zero-order chi connectivity index (χ0) is 22.7. The Hall–Kier alpha value is -2.71. The van der Waals surface area contributed by atoms with Crippen LogP contribution in [0, 0.1) is 0 Å². The van der Waals surface area contributed by atoms with E-state index in [0.29, 0.717) is 13.2 Å². The number of hydrogen-bond donors (Lipinski definition) is 3. The summed E-state index contributed by atoms with van der Waals surface area (Å²) in [5.74, 6) is -0.134. The topological polar surface area (TPSA) is 88.0 Å². The van der Waals surface area contributed by atoms with E-state index in [0.717, 1.165) is 40.2 Å². The van der Waals surface area contributed by atoms with Crippen molar-refractivity contribution < 1.29 is 24.5 Å². The van der Waals surface area contributed by atoms with E-state index in [1.54, 1.807) is 42.7 Å². The molecule has 2 atom stereocenters. The lowest BCUT2D eigenvalue weighted by atomic mass is 9.98. The predicted molar refractivity (Wildman–Crippen MR) is 123 cm³/mol. The first-order chi connectivity index (χ1) is 15.5. The van der Waals surface area contributed by atoms with Crippen molar-refractivity contribution >= 4 is 17.3 Å². The van der Waals surface area contributed by atoms with E-state index in [2.05, 4.69) is 5.32 Å². The number of rotatable bonds is 8. The first-order valence-electron chi connectivity index (χ1n) is 10.6. The van der Waals surface area contributed by atoms with Crippen LogP contribution < -0.4 is 10.1 Å². The first kappa shape index (κ1) is 22.5. The number of aromatic carboxylic acids is 1. The van der Waals surface area contributed by atoms with Crippen molar-refractivity contribution in [3.05, 3.63) is 86.1 Å².